The quantitative estimate of drug-likeness (QED) is 0.871. The van der Waals surface area contributed by atoms with Gasteiger partial charge in [0.25, 0.3) is 0 Å². The third-order valence-electron chi connectivity index (χ3n) is 4.05. The summed E-state index contributed by atoms with van der Waals surface area (Å²) in [5.74, 6) is 0.258. The second-order valence-corrected chi connectivity index (χ2v) is 6.10. The van der Waals surface area contributed by atoms with E-state index in [1.54, 1.807) is 12.1 Å². The first-order valence-electron chi connectivity index (χ1n) is 7.48. The molecule has 2 rings (SSSR count). The molecule has 1 aromatic carbocycles. The van der Waals surface area contributed by atoms with Gasteiger partial charge in [0.1, 0.15) is 5.82 Å². The van der Waals surface area contributed by atoms with Gasteiger partial charge in [0, 0.05) is 24.8 Å². The summed E-state index contributed by atoms with van der Waals surface area (Å²) in [5, 5.41) is 5.57. The lowest BCUT2D eigenvalue weighted by molar-refractivity contribution is 0.248. The van der Waals surface area contributed by atoms with Crippen molar-refractivity contribution in [1.82, 2.24) is 5.32 Å². The van der Waals surface area contributed by atoms with Crippen LogP contribution in [0, 0.1) is 11.7 Å². The van der Waals surface area contributed by atoms with Crippen LogP contribution < -0.4 is 15.5 Å². The van der Waals surface area contributed by atoms with Gasteiger partial charge in [-0.15, -0.1) is 0 Å². The topological polar surface area (TPSA) is 44.4 Å². The highest BCUT2D eigenvalue weighted by molar-refractivity contribution is 5.89. The average Bonchev–Trinajstić information content (AvgIpc) is 3.22. The predicted octanol–water partition coefficient (Wildman–Crippen LogP) is 3.59. The van der Waals surface area contributed by atoms with Crippen molar-refractivity contribution in [2.75, 3.05) is 17.3 Å². The van der Waals surface area contributed by atoms with E-state index in [4.69, 9.17) is 0 Å². The Morgan fingerprint density at radius 1 is 1.33 bits per heavy atom. The molecular formula is C16H24FN3O. The van der Waals surface area contributed by atoms with E-state index in [2.05, 4.69) is 10.6 Å². The molecule has 1 unspecified atom stereocenters. The summed E-state index contributed by atoms with van der Waals surface area (Å²) in [7, 11) is 1.85. The minimum atomic E-state index is -0.334. The number of hydrogen-bond donors (Lipinski definition) is 2. The lowest BCUT2D eigenvalue weighted by atomic mass is 10.2. The van der Waals surface area contributed by atoms with Crippen LogP contribution in [0.2, 0.25) is 0 Å². The summed E-state index contributed by atoms with van der Waals surface area (Å²) in [5.41, 5.74) is 0.996. The number of nitrogens with one attached hydrogen (secondary N) is 2. The Kier molecular flexibility index (Phi) is 4.70. The second kappa shape index (κ2) is 6.33. The van der Waals surface area contributed by atoms with Crippen LogP contribution in [-0.2, 0) is 0 Å². The molecule has 0 bridgehead atoms. The van der Waals surface area contributed by atoms with Crippen molar-refractivity contribution in [2.45, 2.75) is 45.7 Å². The Balaban J connectivity index is 1.97. The average molecular weight is 293 g/mol. The minimum Gasteiger partial charge on any atom is -0.370 e. The molecule has 116 valence electrons. The number of anilines is 2. The third kappa shape index (κ3) is 4.09. The molecule has 1 atom stereocenters. The number of urea groups is 1. The van der Waals surface area contributed by atoms with Gasteiger partial charge in [0.2, 0.25) is 0 Å². The van der Waals surface area contributed by atoms with Crippen molar-refractivity contribution in [3.63, 3.8) is 0 Å². The van der Waals surface area contributed by atoms with Crippen LogP contribution in [0.1, 0.15) is 33.6 Å². The maximum atomic E-state index is 14.1. The number of benzene rings is 1. The number of hydrogen-bond acceptors (Lipinski definition) is 2. The Hall–Kier alpha value is -1.78. The third-order valence-corrected chi connectivity index (χ3v) is 4.05. The van der Waals surface area contributed by atoms with Crippen molar-refractivity contribution in [1.29, 1.82) is 0 Å². The first kappa shape index (κ1) is 15.6. The highest BCUT2D eigenvalue weighted by Gasteiger charge is 2.28. The SMILES string of the molecule is CC(NC(=O)Nc1ccc(N(C)C(C)C)c(F)c1)C1CC1. The van der Waals surface area contributed by atoms with Crippen molar-refractivity contribution >= 4 is 17.4 Å². The van der Waals surface area contributed by atoms with E-state index >= 15 is 0 Å². The molecule has 0 saturated heterocycles. The molecule has 0 heterocycles. The molecule has 0 aromatic heterocycles. The molecule has 2 amide bonds. The first-order chi connectivity index (χ1) is 9.88. The summed E-state index contributed by atoms with van der Waals surface area (Å²) < 4.78 is 14.1. The van der Waals surface area contributed by atoms with Gasteiger partial charge in [0.05, 0.1) is 5.69 Å². The first-order valence-corrected chi connectivity index (χ1v) is 7.48. The summed E-state index contributed by atoms with van der Waals surface area (Å²) in [6.45, 7) is 6.00. The van der Waals surface area contributed by atoms with Crippen LogP contribution in [0.3, 0.4) is 0 Å². The van der Waals surface area contributed by atoms with Crippen LogP contribution in [-0.4, -0.2) is 25.2 Å². The molecule has 0 radical (unpaired) electrons. The number of amides is 2. The fourth-order valence-corrected chi connectivity index (χ4v) is 2.24. The van der Waals surface area contributed by atoms with E-state index in [1.165, 1.54) is 18.9 Å². The van der Waals surface area contributed by atoms with Gasteiger partial charge < -0.3 is 15.5 Å². The zero-order valence-corrected chi connectivity index (χ0v) is 13.1. The van der Waals surface area contributed by atoms with Gasteiger partial charge >= 0.3 is 6.03 Å². The van der Waals surface area contributed by atoms with E-state index in [0.29, 0.717) is 17.3 Å². The molecule has 1 saturated carbocycles. The zero-order chi connectivity index (χ0) is 15.6. The number of nitrogens with zero attached hydrogens (tertiary/aromatic N) is 1. The molecule has 1 aromatic rings. The van der Waals surface area contributed by atoms with Crippen LogP contribution in [0.5, 0.6) is 0 Å². The molecule has 4 nitrogen and oxygen atoms in total. The molecule has 1 aliphatic rings. The Morgan fingerprint density at radius 2 is 2.00 bits per heavy atom. The lowest BCUT2D eigenvalue weighted by Crippen LogP contribution is -2.37. The number of carbonyl (C=O) groups excluding carboxylic acids is 1. The molecule has 21 heavy (non-hydrogen) atoms. The van der Waals surface area contributed by atoms with E-state index in [9.17, 15) is 9.18 Å². The smallest absolute Gasteiger partial charge is 0.319 e. The molecule has 0 spiro atoms. The fourth-order valence-electron chi connectivity index (χ4n) is 2.24. The lowest BCUT2D eigenvalue weighted by Gasteiger charge is -2.24. The van der Waals surface area contributed by atoms with E-state index in [0.717, 1.165) is 0 Å². The highest BCUT2D eigenvalue weighted by atomic mass is 19.1. The predicted molar refractivity (Wildman–Crippen MR) is 84.3 cm³/mol. The summed E-state index contributed by atoms with van der Waals surface area (Å²) in [6, 6.07) is 4.87. The van der Waals surface area contributed by atoms with Gasteiger partial charge in [-0.2, -0.15) is 0 Å². The van der Waals surface area contributed by atoms with Crippen LogP contribution in [0.25, 0.3) is 0 Å². The van der Waals surface area contributed by atoms with Gasteiger partial charge in [-0.25, -0.2) is 9.18 Å². The van der Waals surface area contributed by atoms with Crippen LogP contribution in [0.15, 0.2) is 18.2 Å². The second-order valence-electron chi connectivity index (χ2n) is 6.10. The van der Waals surface area contributed by atoms with Crippen molar-refractivity contribution in [3.8, 4) is 0 Å². The van der Waals surface area contributed by atoms with Crippen molar-refractivity contribution < 1.29 is 9.18 Å². The van der Waals surface area contributed by atoms with Crippen molar-refractivity contribution in [3.05, 3.63) is 24.0 Å². The fraction of sp³-hybridized carbons (Fsp3) is 0.562. The molecular weight excluding hydrogens is 269 g/mol. The van der Waals surface area contributed by atoms with Gasteiger partial charge in [-0.1, -0.05) is 0 Å². The Morgan fingerprint density at radius 3 is 2.52 bits per heavy atom. The minimum absolute atomic E-state index is 0.168. The number of halogens is 1. The molecule has 0 aliphatic heterocycles. The van der Waals surface area contributed by atoms with Crippen LogP contribution >= 0.6 is 0 Å². The monoisotopic (exact) mass is 293 g/mol. The van der Waals surface area contributed by atoms with Crippen LogP contribution in [0.4, 0.5) is 20.6 Å². The molecule has 5 heteroatoms. The summed E-state index contributed by atoms with van der Waals surface area (Å²) >= 11 is 0. The maximum absolute atomic E-state index is 14.1. The normalized spacial score (nSPS) is 15.7. The molecule has 1 fully saturated rings. The molecule has 1 aliphatic carbocycles. The van der Waals surface area contributed by atoms with Gasteiger partial charge in [0.15, 0.2) is 0 Å². The molecule has 2 N–H and O–H groups in total. The number of rotatable bonds is 5. The van der Waals surface area contributed by atoms with E-state index < -0.39 is 0 Å². The Bertz CT molecular complexity index is 514. The van der Waals surface area contributed by atoms with Gasteiger partial charge in [-0.05, 0) is 57.7 Å². The summed E-state index contributed by atoms with van der Waals surface area (Å²) in [4.78, 5) is 13.7. The summed E-state index contributed by atoms with van der Waals surface area (Å²) in [6.07, 6.45) is 2.35. The Labute approximate surface area is 125 Å². The van der Waals surface area contributed by atoms with Crippen molar-refractivity contribution in [2.24, 2.45) is 5.92 Å². The van der Waals surface area contributed by atoms with Gasteiger partial charge in [-0.3, -0.25) is 0 Å². The number of carbonyl (C=O) groups is 1. The largest absolute Gasteiger partial charge is 0.370 e. The highest BCUT2D eigenvalue weighted by Crippen LogP contribution is 2.32. The zero-order valence-electron chi connectivity index (χ0n) is 13.1. The maximum Gasteiger partial charge on any atom is 0.319 e. The van der Waals surface area contributed by atoms with E-state index in [1.807, 2.05) is 32.7 Å². The standard InChI is InChI=1S/C16H24FN3O/c1-10(2)20(4)15-8-7-13(9-14(15)17)19-16(21)18-11(3)12-5-6-12/h7-12H,5-6H2,1-4H3,(H2,18,19,21). The van der Waals surface area contributed by atoms with E-state index in [-0.39, 0.29) is 23.9 Å².